The molecular formula is C31H45NO3. The maximum atomic E-state index is 12.5. The fraction of sp³-hybridized carbons (Fsp3) is 0.548. The van der Waals surface area contributed by atoms with E-state index in [9.17, 15) is 9.59 Å². The molecule has 0 unspecified atom stereocenters. The number of hydrogen-bond acceptors (Lipinski definition) is 3. The normalized spacial score (nSPS) is 10.8. The van der Waals surface area contributed by atoms with Crippen LogP contribution in [-0.2, 0) is 11.4 Å². The van der Waals surface area contributed by atoms with Crippen LogP contribution in [0.3, 0.4) is 0 Å². The molecular weight excluding hydrogens is 434 g/mol. The van der Waals surface area contributed by atoms with Crippen molar-refractivity contribution >= 4 is 17.4 Å². The molecule has 0 saturated heterocycles. The molecule has 192 valence electrons. The van der Waals surface area contributed by atoms with Gasteiger partial charge in [0.1, 0.15) is 12.4 Å². The number of rotatable bonds is 19. The van der Waals surface area contributed by atoms with Crippen molar-refractivity contribution in [3.63, 3.8) is 0 Å². The van der Waals surface area contributed by atoms with Crippen LogP contribution in [0.25, 0.3) is 0 Å². The second-order valence-electron chi connectivity index (χ2n) is 9.57. The Hall–Kier alpha value is -2.62. The van der Waals surface area contributed by atoms with Crippen LogP contribution >= 0.6 is 0 Å². The lowest BCUT2D eigenvalue weighted by molar-refractivity contribution is -0.116. The first-order valence-corrected chi connectivity index (χ1v) is 13.7. The number of anilines is 1. The molecule has 0 aromatic heterocycles. The number of carbonyl (C=O) groups is 2. The number of para-hydroxylation sites is 1. The van der Waals surface area contributed by atoms with Crippen molar-refractivity contribution in [2.45, 2.75) is 110 Å². The Morgan fingerprint density at radius 2 is 1.26 bits per heavy atom. The Labute approximate surface area is 212 Å². The van der Waals surface area contributed by atoms with E-state index in [0.717, 1.165) is 24.1 Å². The molecule has 2 aromatic rings. The van der Waals surface area contributed by atoms with Gasteiger partial charge in [-0.15, -0.1) is 0 Å². The van der Waals surface area contributed by atoms with Gasteiger partial charge in [-0.05, 0) is 43.7 Å². The molecule has 2 aromatic carbocycles. The monoisotopic (exact) mass is 479 g/mol. The van der Waals surface area contributed by atoms with Crippen molar-refractivity contribution in [1.82, 2.24) is 0 Å². The highest BCUT2D eigenvalue weighted by Crippen LogP contribution is 2.20. The molecule has 0 atom stereocenters. The fourth-order valence-corrected chi connectivity index (χ4v) is 4.23. The van der Waals surface area contributed by atoms with Crippen LogP contribution in [0.1, 0.15) is 120 Å². The highest BCUT2D eigenvalue weighted by molar-refractivity contribution is 5.94. The smallest absolute Gasteiger partial charge is 0.224 e. The van der Waals surface area contributed by atoms with E-state index in [2.05, 4.69) is 12.2 Å². The molecule has 0 fully saturated rings. The van der Waals surface area contributed by atoms with E-state index in [4.69, 9.17) is 4.74 Å². The van der Waals surface area contributed by atoms with Gasteiger partial charge in [0, 0.05) is 23.2 Å². The molecule has 0 aliphatic heterocycles. The maximum Gasteiger partial charge on any atom is 0.224 e. The largest absolute Gasteiger partial charge is 0.489 e. The third kappa shape index (κ3) is 12.6. The standard InChI is InChI=1S/C31H45NO3/c1-3-4-5-6-7-8-9-10-11-12-13-14-15-20-31(34)32-30-19-17-16-18-28(30)25-35-29-23-21-27(22-24-29)26(2)33/h16-19,21-24H,3-15,20,25H2,1-2H3,(H,32,34). The predicted molar refractivity (Wildman–Crippen MR) is 146 cm³/mol. The number of ketones is 1. The fourth-order valence-electron chi connectivity index (χ4n) is 4.23. The van der Waals surface area contributed by atoms with E-state index in [-0.39, 0.29) is 11.7 Å². The summed E-state index contributed by atoms with van der Waals surface area (Å²) < 4.78 is 5.87. The summed E-state index contributed by atoms with van der Waals surface area (Å²) in [4.78, 5) is 23.9. The quantitative estimate of drug-likeness (QED) is 0.162. The molecule has 4 heteroatoms. The zero-order chi connectivity index (χ0) is 25.1. The summed E-state index contributed by atoms with van der Waals surface area (Å²) in [7, 11) is 0. The van der Waals surface area contributed by atoms with Gasteiger partial charge in [-0.3, -0.25) is 9.59 Å². The number of hydrogen-bond donors (Lipinski definition) is 1. The summed E-state index contributed by atoms with van der Waals surface area (Å²) in [6.45, 7) is 4.17. The Kier molecular flexibility index (Phi) is 14.5. The van der Waals surface area contributed by atoms with Crippen LogP contribution < -0.4 is 10.1 Å². The van der Waals surface area contributed by atoms with Crippen LogP contribution in [0.15, 0.2) is 48.5 Å². The number of unbranched alkanes of at least 4 members (excludes halogenated alkanes) is 12. The van der Waals surface area contributed by atoms with Crippen LogP contribution in [0, 0.1) is 0 Å². The molecule has 4 nitrogen and oxygen atoms in total. The predicted octanol–water partition coefficient (Wildman–Crippen LogP) is 8.89. The van der Waals surface area contributed by atoms with E-state index in [1.54, 1.807) is 31.2 Å². The lowest BCUT2D eigenvalue weighted by Gasteiger charge is -2.12. The van der Waals surface area contributed by atoms with Crippen molar-refractivity contribution in [3.8, 4) is 5.75 Å². The van der Waals surface area contributed by atoms with Crippen molar-refractivity contribution in [3.05, 3.63) is 59.7 Å². The van der Waals surface area contributed by atoms with Gasteiger partial charge in [-0.1, -0.05) is 102 Å². The number of nitrogens with one attached hydrogen (secondary N) is 1. The summed E-state index contributed by atoms with van der Waals surface area (Å²) in [6, 6.07) is 14.9. The van der Waals surface area contributed by atoms with Gasteiger partial charge in [-0.2, -0.15) is 0 Å². The Balaban J connectivity index is 1.58. The number of amides is 1. The Bertz CT molecular complexity index is 860. The van der Waals surface area contributed by atoms with Crippen molar-refractivity contribution in [2.75, 3.05) is 5.32 Å². The first-order chi connectivity index (χ1) is 17.1. The Morgan fingerprint density at radius 1 is 0.714 bits per heavy atom. The number of carbonyl (C=O) groups excluding carboxylic acids is 2. The number of Topliss-reactive ketones (excluding diaryl/α,β-unsaturated/α-hetero) is 1. The van der Waals surface area contributed by atoms with Gasteiger partial charge in [0.2, 0.25) is 5.91 Å². The van der Waals surface area contributed by atoms with E-state index in [1.807, 2.05) is 24.3 Å². The van der Waals surface area contributed by atoms with Gasteiger partial charge in [0.05, 0.1) is 0 Å². The SMILES string of the molecule is CCCCCCCCCCCCCCCC(=O)Nc1ccccc1COc1ccc(C(C)=O)cc1. The van der Waals surface area contributed by atoms with E-state index in [0.29, 0.717) is 24.3 Å². The van der Waals surface area contributed by atoms with E-state index >= 15 is 0 Å². The molecule has 0 bridgehead atoms. The van der Waals surface area contributed by atoms with E-state index < -0.39 is 0 Å². The van der Waals surface area contributed by atoms with Crippen LogP contribution in [0.2, 0.25) is 0 Å². The van der Waals surface area contributed by atoms with Crippen LogP contribution in [-0.4, -0.2) is 11.7 Å². The first kappa shape index (κ1) is 28.6. The summed E-state index contributed by atoms with van der Waals surface area (Å²) >= 11 is 0. The molecule has 0 heterocycles. The molecule has 0 radical (unpaired) electrons. The molecule has 0 saturated carbocycles. The molecule has 2 rings (SSSR count). The van der Waals surface area contributed by atoms with Crippen LogP contribution in [0.4, 0.5) is 5.69 Å². The van der Waals surface area contributed by atoms with Gasteiger partial charge >= 0.3 is 0 Å². The zero-order valence-electron chi connectivity index (χ0n) is 22.0. The first-order valence-electron chi connectivity index (χ1n) is 13.7. The number of ether oxygens (including phenoxy) is 1. The molecule has 1 amide bonds. The van der Waals surface area contributed by atoms with Crippen molar-refractivity contribution < 1.29 is 14.3 Å². The van der Waals surface area contributed by atoms with Crippen molar-refractivity contribution in [1.29, 1.82) is 0 Å². The summed E-state index contributed by atoms with van der Waals surface area (Å²) in [5, 5.41) is 3.05. The maximum absolute atomic E-state index is 12.5. The zero-order valence-corrected chi connectivity index (χ0v) is 22.0. The molecule has 0 aliphatic carbocycles. The lowest BCUT2D eigenvalue weighted by atomic mass is 10.0. The van der Waals surface area contributed by atoms with Gasteiger partial charge < -0.3 is 10.1 Å². The topological polar surface area (TPSA) is 55.4 Å². The minimum absolute atomic E-state index is 0.0353. The minimum atomic E-state index is 0.0353. The van der Waals surface area contributed by atoms with Gasteiger partial charge in [0.25, 0.3) is 0 Å². The Morgan fingerprint density at radius 3 is 1.83 bits per heavy atom. The third-order valence-corrected chi connectivity index (χ3v) is 6.45. The third-order valence-electron chi connectivity index (χ3n) is 6.45. The molecule has 35 heavy (non-hydrogen) atoms. The summed E-state index contributed by atoms with van der Waals surface area (Å²) in [6.07, 6.45) is 17.5. The summed E-state index contributed by atoms with van der Waals surface area (Å²) in [5.41, 5.74) is 2.40. The van der Waals surface area contributed by atoms with Gasteiger partial charge in [0.15, 0.2) is 5.78 Å². The minimum Gasteiger partial charge on any atom is -0.489 e. The highest BCUT2D eigenvalue weighted by Gasteiger charge is 2.08. The number of benzene rings is 2. The van der Waals surface area contributed by atoms with E-state index in [1.165, 1.54) is 70.6 Å². The molecule has 0 aliphatic rings. The molecule has 1 N–H and O–H groups in total. The summed E-state index contributed by atoms with van der Waals surface area (Å²) in [5.74, 6) is 0.794. The average Bonchev–Trinajstić information content (AvgIpc) is 2.86. The second kappa shape index (κ2) is 17.8. The van der Waals surface area contributed by atoms with Crippen molar-refractivity contribution in [2.24, 2.45) is 0 Å². The van der Waals surface area contributed by atoms with Gasteiger partial charge in [-0.25, -0.2) is 0 Å². The second-order valence-corrected chi connectivity index (χ2v) is 9.57. The highest BCUT2D eigenvalue weighted by atomic mass is 16.5. The molecule has 0 spiro atoms. The van der Waals surface area contributed by atoms with Crippen LogP contribution in [0.5, 0.6) is 5.75 Å². The average molecular weight is 480 g/mol. The lowest BCUT2D eigenvalue weighted by Crippen LogP contribution is -2.13.